The molecule has 1 N–H and O–H groups in total. The van der Waals surface area contributed by atoms with Crippen LogP contribution >= 0.6 is 23.4 Å². The molecule has 1 aliphatic rings. The molecule has 0 saturated heterocycles. The molecule has 0 radical (unpaired) electrons. The molecule has 2 aromatic carbocycles. The van der Waals surface area contributed by atoms with Gasteiger partial charge in [0.1, 0.15) is 0 Å². The van der Waals surface area contributed by atoms with Crippen molar-refractivity contribution < 1.29 is 4.74 Å². The lowest BCUT2D eigenvalue weighted by Gasteiger charge is -2.20. The van der Waals surface area contributed by atoms with Crippen molar-refractivity contribution in [2.75, 3.05) is 11.1 Å². The zero-order chi connectivity index (χ0) is 17.2. The van der Waals surface area contributed by atoms with Gasteiger partial charge in [0, 0.05) is 21.8 Å². The largest absolute Gasteiger partial charge is 0.448 e. The number of halogens is 1. The topological polar surface area (TPSA) is 59.9 Å². The van der Waals surface area contributed by atoms with Crippen LogP contribution in [-0.2, 0) is 0 Å². The summed E-state index contributed by atoms with van der Waals surface area (Å²) in [4.78, 5) is 4.55. The highest BCUT2D eigenvalue weighted by atomic mass is 35.5. The molecule has 7 heteroatoms. The smallest absolute Gasteiger partial charge is 0.247 e. The van der Waals surface area contributed by atoms with E-state index in [1.807, 2.05) is 55.5 Å². The van der Waals surface area contributed by atoms with Crippen molar-refractivity contribution in [2.24, 2.45) is 0 Å². The molecule has 5 nitrogen and oxygen atoms in total. The van der Waals surface area contributed by atoms with Crippen molar-refractivity contribution >= 4 is 29.1 Å². The van der Waals surface area contributed by atoms with Gasteiger partial charge in [-0.25, -0.2) is 0 Å². The fourth-order valence-electron chi connectivity index (χ4n) is 2.67. The number of nitrogens with one attached hydrogen (secondary N) is 1. The Hall–Kier alpha value is -2.31. The quantitative estimate of drug-likeness (QED) is 0.668. The Morgan fingerprint density at radius 2 is 1.92 bits per heavy atom. The molecule has 126 valence electrons. The number of para-hydroxylation sites is 1. The monoisotopic (exact) mass is 370 g/mol. The van der Waals surface area contributed by atoms with Gasteiger partial charge in [-0.2, -0.15) is 4.98 Å². The standard InChI is InChI=1S/C18H15ClN4OS/c1-2-25-18-21-17-15(22-23-18)12-8-4-6-10-14(12)20-16(24-17)11-7-3-5-9-13(11)19/h3-10,16,20H,2H2,1H3/t16-/m0/s1. The molecule has 0 saturated carbocycles. The highest BCUT2D eigenvalue weighted by molar-refractivity contribution is 7.99. The number of hydrogen-bond acceptors (Lipinski definition) is 6. The van der Waals surface area contributed by atoms with Gasteiger partial charge in [0.15, 0.2) is 11.9 Å². The van der Waals surface area contributed by atoms with Crippen LogP contribution < -0.4 is 10.1 Å². The number of hydrogen-bond donors (Lipinski definition) is 1. The van der Waals surface area contributed by atoms with Gasteiger partial charge in [0.2, 0.25) is 11.0 Å². The van der Waals surface area contributed by atoms with E-state index >= 15 is 0 Å². The maximum atomic E-state index is 6.37. The number of fused-ring (bicyclic) bond motifs is 3. The Kier molecular flexibility index (Phi) is 4.46. The molecule has 3 aromatic rings. The Labute approximate surface area is 154 Å². The van der Waals surface area contributed by atoms with E-state index in [0.717, 1.165) is 22.6 Å². The average molecular weight is 371 g/mol. The van der Waals surface area contributed by atoms with Gasteiger partial charge < -0.3 is 10.1 Å². The van der Waals surface area contributed by atoms with Gasteiger partial charge >= 0.3 is 0 Å². The van der Waals surface area contributed by atoms with Crippen molar-refractivity contribution in [3.8, 4) is 17.1 Å². The Morgan fingerprint density at radius 1 is 1.12 bits per heavy atom. The Bertz CT molecular complexity index is 921. The molecular weight excluding hydrogens is 356 g/mol. The first-order chi connectivity index (χ1) is 12.3. The van der Waals surface area contributed by atoms with Crippen molar-refractivity contribution in [1.82, 2.24) is 15.2 Å². The molecule has 0 bridgehead atoms. The van der Waals surface area contributed by atoms with Crippen molar-refractivity contribution in [1.29, 1.82) is 0 Å². The molecule has 25 heavy (non-hydrogen) atoms. The molecule has 0 fully saturated rings. The molecule has 1 aromatic heterocycles. The van der Waals surface area contributed by atoms with Crippen molar-refractivity contribution in [2.45, 2.75) is 18.3 Å². The lowest BCUT2D eigenvalue weighted by Crippen LogP contribution is -2.17. The van der Waals surface area contributed by atoms with Crippen LogP contribution in [0.25, 0.3) is 11.3 Å². The van der Waals surface area contributed by atoms with Gasteiger partial charge in [-0.05, 0) is 17.9 Å². The van der Waals surface area contributed by atoms with E-state index in [0.29, 0.717) is 21.8 Å². The third kappa shape index (κ3) is 3.15. The lowest BCUT2D eigenvalue weighted by molar-refractivity contribution is 0.225. The third-order valence-corrected chi connectivity index (χ3v) is 4.86. The zero-order valence-electron chi connectivity index (χ0n) is 13.4. The highest BCUT2D eigenvalue weighted by Gasteiger charge is 2.26. The number of benzene rings is 2. The van der Waals surface area contributed by atoms with Gasteiger partial charge in [0.05, 0.1) is 0 Å². The molecule has 1 aliphatic heterocycles. The van der Waals surface area contributed by atoms with Crippen LogP contribution in [0.5, 0.6) is 5.88 Å². The summed E-state index contributed by atoms with van der Waals surface area (Å²) in [7, 11) is 0. The van der Waals surface area contributed by atoms with Gasteiger partial charge in [-0.1, -0.05) is 66.7 Å². The number of anilines is 1. The summed E-state index contributed by atoms with van der Waals surface area (Å²) in [5.41, 5.74) is 3.27. The number of rotatable bonds is 3. The van der Waals surface area contributed by atoms with Crippen LogP contribution in [0.2, 0.25) is 5.02 Å². The molecule has 4 rings (SSSR count). The van der Waals surface area contributed by atoms with Crippen LogP contribution in [0.15, 0.2) is 53.7 Å². The summed E-state index contributed by atoms with van der Waals surface area (Å²) in [6.45, 7) is 2.05. The molecule has 2 heterocycles. The van der Waals surface area contributed by atoms with Crippen molar-refractivity contribution in [3.63, 3.8) is 0 Å². The molecule has 0 unspecified atom stereocenters. The second kappa shape index (κ2) is 6.90. The number of aromatic nitrogens is 3. The molecule has 0 amide bonds. The fourth-order valence-corrected chi connectivity index (χ4v) is 3.41. The first-order valence-corrected chi connectivity index (χ1v) is 9.27. The van der Waals surface area contributed by atoms with E-state index in [2.05, 4.69) is 20.5 Å². The van der Waals surface area contributed by atoms with E-state index in [9.17, 15) is 0 Å². The molecule has 0 spiro atoms. The summed E-state index contributed by atoms with van der Waals surface area (Å²) in [5, 5.41) is 13.2. The number of thioether (sulfide) groups is 1. The predicted octanol–water partition coefficient (Wildman–Crippen LogP) is 4.81. The Balaban J connectivity index is 1.85. The third-order valence-electron chi connectivity index (χ3n) is 3.79. The van der Waals surface area contributed by atoms with E-state index in [4.69, 9.17) is 16.3 Å². The zero-order valence-corrected chi connectivity index (χ0v) is 15.0. The lowest BCUT2D eigenvalue weighted by atomic mass is 10.1. The van der Waals surface area contributed by atoms with Crippen LogP contribution in [0.1, 0.15) is 18.7 Å². The molecule has 0 aliphatic carbocycles. The summed E-state index contributed by atoms with van der Waals surface area (Å²) in [6, 6.07) is 15.5. The summed E-state index contributed by atoms with van der Waals surface area (Å²) in [5.74, 6) is 1.32. The van der Waals surface area contributed by atoms with Gasteiger partial charge in [-0.15, -0.1) is 10.2 Å². The highest BCUT2D eigenvalue weighted by Crippen LogP contribution is 2.40. The summed E-state index contributed by atoms with van der Waals surface area (Å²) < 4.78 is 6.17. The second-order valence-electron chi connectivity index (χ2n) is 5.39. The first kappa shape index (κ1) is 16.2. The fraction of sp³-hybridized carbons (Fsp3) is 0.167. The predicted molar refractivity (Wildman–Crippen MR) is 100 cm³/mol. The minimum atomic E-state index is -0.465. The minimum absolute atomic E-state index is 0.452. The first-order valence-electron chi connectivity index (χ1n) is 7.91. The Morgan fingerprint density at radius 3 is 2.76 bits per heavy atom. The minimum Gasteiger partial charge on any atom is -0.448 e. The summed E-state index contributed by atoms with van der Waals surface area (Å²) >= 11 is 7.90. The SMILES string of the molecule is CCSc1nnc2c(n1)O[C@@H](c1ccccc1Cl)Nc1ccccc1-2. The average Bonchev–Trinajstić information content (AvgIpc) is 2.79. The van der Waals surface area contributed by atoms with E-state index in [1.165, 1.54) is 11.8 Å². The van der Waals surface area contributed by atoms with E-state index in [1.54, 1.807) is 0 Å². The van der Waals surface area contributed by atoms with E-state index in [-0.39, 0.29) is 0 Å². The maximum Gasteiger partial charge on any atom is 0.247 e. The van der Waals surface area contributed by atoms with Crippen LogP contribution in [0.4, 0.5) is 5.69 Å². The normalized spacial score (nSPS) is 15.4. The molecule has 1 atom stereocenters. The molecular formula is C18H15ClN4OS. The second-order valence-corrected chi connectivity index (χ2v) is 7.03. The number of nitrogens with zero attached hydrogens (tertiary/aromatic N) is 3. The van der Waals surface area contributed by atoms with Gasteiger partial charge in [0.25, 0.3) is 0 Å². The summed E-state index contributed by atoms with van der Waals surface area (Å²) in [6.07, 6.45) is -0.465. The van der Waals surface area contributed by atoms with Crippen LogP contribution in [0, 0.1) is 0 Å². The van der Waals surface area contributed by atoms with Crippen molar-refractivity contribution in [3.05, 3.63) is 59.1 Å². The van der Waals surface area contributed by atoms with E-state index < -0.39 is 6.23 Å². The van der Waals surface area contributed by atoms with Gasteiger partial charge in [-0.3, -0.25) is 0 Å². The van der Waals surface area contributed by atoms with Crippen LogP contribution in [-0.4, -0.2) is 20.9 Å². The maximum absolute atomic E-state index is 6.37. The number of ether oxygens (including phenoxy) is 1. The van der Waals surface area contributed by atoms with Crippen LogP contribution in [0.3, 0.4) is 0 Å².